The number of aryl methyl sites for hydroxylation is 1. The molecule has 2 rings (SSSR count). The van der Waals surface area contributed by atoms with Gasteiger partial charge in [0.05, 0.1) is 5.92 Å². The van der Waals surface area contributed by atoms with Gasteiger partial charge in [0, 0.05) is 16.3 Å². The fraction of sp³-hybridized carbons (Fsp3) is 0.235. The smallest absolute Gasteiger partial charge is 0.310 e. The lowest BCUT2D eigenvalue weighted by molar-refractivity contribution is -0.138. The minimum absolute atomic E-state index is 0.473. The number of thioether (sulfide) groups is 1. The summed E-state index contributed by atoms with van der Waals surface area (Å²) in [5, 5.41) is 9.00. The summed E-state index contributed by atoms with van der Waals surface area (Å²) < 4.78 is 0. The Morgan fingerprint density at radius 2 is 1.90 bits per heavy atom. The number of anilines is 1. The Labute approximate surface area is 129 Å². The van der Waals surface area contributed by atoms with Crippen molar-refractivity contribution in [3.8, 4) is 0 Å². The molecule has 0 aliphatic heterocycles. The lowest BCUT2D eigenvalue weighted by Crippen LogP contribution is -2.07. The number of carboxylic acid groups (broad SMARTS) is 1. The Balaban J connectivity index is 2.04. The van der Waals surface area contributed by atoms with Crippen LogP contribution in [0.5, 0.6) is 0 Å². The van der Waals surface area contributed by atoms with Crippen molar-refractivity contribution in [1.82, 2.24) is 0 Å². The quantitative estimate of drug-likeness (QED) is 0.646. The summed E-state index contributed by atoms with van der Waals surface area (Å²) >= 11 is 1.69. The number of para-hydroxylation sites is 1. The van der Waals surface area contributed by atoms with Gasteiger partial charge in [-0.2, -0.15) is 0 Å². The van der Waals surface area contributed by atoms with Crippen LogP contribution in [0.15, 0.2) is 47.4 Å². The molecule has 0 radical (unpaired) electrons. The van der Waals surface area contributed by atoms with E-state index in [0.717, 1.165) is 33.0 Å². The Morgan fingerprint density at radius 1 is 1.24 bits per heavy atom. The lowest BCUT2D eigenvalue weighted by atomic mass is 10.0. The van der Waals surface area contributed by atoms with E-state index >= 15 is 0 Å². The van der Waals surface area contributed by atoms with Crippen LogP contribution in [0, 0.1) is 6.92 Å². The number of aliphatic carboxylic acids is 1. The molecule has 0 aliphatic carbocycles. The van der Waals surface area contributed by atoms with Crippen molar-refractivity contribution in [2.75, 3.05) is 5.73 Å². The molecule has 0 heterocycles. The van der Waals surface area contributed by atoms with Crippen molar-refractivity contribution >= 4 is 23.4 Å². The molecule has 0 amide bonds. The molecule has 0 aliphatic rings. The number of rotatable bonds is 5. The van der Waals surface area contributed by atoms with E-state index in [1.165, 1.54) is 0 Å². The van der Waals surface area contributed by atoms with Crippen LogP contribution >= 0.6 is 11.8 Å². The van der Waals surface area contributed by atoms with Crippen LogP contribution in [0.4, 0.5) is 5.69 Å². The molecule has 21 heavy (non-hydrogen) atoms. The summed E-state index contributed by atoms with van der Waals surface area (Å²) in [6.07, 6.45) is 0. The zero-order valence-electron chi connectivity index (χ0n) is 12.2. The van der Waals surface area contributed by atoms with Crippen LogP contribution in [-0.2, 0) is 10.5 Å². The Morgan fingerprint density at radius 3 is 2.52 bits per heavy atom. The number of benzene rings is 2. The fourth-order valence-corrected chi connectivity index (χ4v) is 2.99. The van der Waals surface area contributed by atoms with Crippen molar-refractivity contribution < 1.29 is 9.90 Å². The number of carboxylic acids is 1. The van der Waals surface area contributed by atoms with E-state index in [-0.39, 0.29) is 0 Å². The molecule has 0 spiro atoms. The van der Waals surface area contributed by atoms with Crippen LogP contribution in [0.1, 0.15) is 29.5 Å². The first kappa shape index (κ1) is 15.4. The van der Waals surface area contributed by atoms with E-state index in [9.17, 15) is 4.79 Å². The molecular weight excluding hydrogens is 282 g/mol. The maximum atomic E-state index is 10.9. The lowest BCUT2D eigenvalue weighted by Gasteiger charge is -2.09. The van der Waals surface area contributed by atoms with Crippen LogP contribution in [0.3, 0.4) is 0 Å². The number of nitrogen functional groups attached to an aromatic ring is 1. The predicted octanol–water partition coefficient (Wildman–Crippen LogP) is 4.06. The second-order valence-electron chi connectivity index (χ2n) is 5.08. The van der Waals surface area contributed by atoms with Gasteiger partial charge in [-0.25, -0.2) is 0 Å². The summed E-state index contributed by atoms with van der Waals surface area (Å²) in [7, 11) is 0. The summed E-state index contributed by atoms with van der Waals surface area (Å²) in [6.45, 7) is 3.70. The zero-order valence-corrected chi connectivity index (χ0v) is 13.0. The number of nitrogens with two attached hydrogens (primary N) is 1. The molecule has 1 atom stereocenters. The highest BCUT2D eigenvalue weighted by atomic mass is 32.2. The van der Waals surface area contributed by atoms with Gasteiger partial charge in [0.1, 0.15) is 0 Å². The van der Waals surface area contributed by atoms with Crippen molar-refractivity contribution in [2.45, 2.75) is 30.4 Å². The molecule has 0 fully saturated rings. The van der Waals surface area contributed by atoms with Crippen molar-refractivity contribution in [2.24, 2.45) is 0 Å². The minimum atomic E-state index is -0.801. The Kier molecular flexibility index (Phi) is 4.91. The van der Waals surface area contributed by atoms with Gasteiger partial charge in [0.15, 0.2) is 0 Å². The third-order valence-electron chi connectivity index (χ3n) is 3.53. The predicted molar refractivity (Wildman–Crippen MR) is 87.6 cm³/mol. The average molecular weight is 301 g/mol. The van der Waals surface area contributed by atoms with Gasteiger partial charge in [-0.15, -0.1) is 11.8 Å². The van der Waals surface area contributed by atoms with Crippen LogP contribution in [0.25, 0.3) is 0 Å². The topological polar surface area (TPSA) is 63.3 Å². The van der Waals surface area contributed by atoms with Gasteiger partial charge in [-0.1, -0.05) is 36.4 Å². The maximum Gasteiger partial charge on any atom is 0.310 e. The van der Waals surface area contributed by atoms with E-state index in [1.807, 2.05) is 49.4 Å². The second-order valence-corrected chi connectivity index (χ2v) is 6.09. The maximum absolute atomic E-state index is 10.9. The average Bonchev–Trinajstić information content (AvgIpc) is 2.48. The van der Waals surface area contributed by atoms with E-state index < -0.39 is 11.9 Å². The third-order valence-corrected chi connectivity index (χ3v) is 4.67. The van der Waals surface area contributed by atoms with Gasteiger partial charge in [0.2, 0.25) is 0 Å². The molecule has 2 aromatic carbocycles. The first-order chi connectivity index (χ1) is 9.99. The van der Waals surface area contributed by atoms with Crippen molar-refractivity contribution in [1.29, 1.82) is 0 Å². The SMILES string of the molecule is Cc1cccc(SCc2ccc(C(C)C(=O)O)cc2)c1N. The molecular formula is C17H19NO2S. The number of carbonyl (C=O) groups is 1. The van der Waals surface area contributed by atoms with Crippen LogP contribution < -0.4 is 5.73 Å². The highest BCUT2D eigenvalue weighted by Gasteiger charge is 2.13. The van der Waals surface area contributed by atoms with Crippen molar-refractivity contribution in [3.63, 3.8) is 0 Å². The molecule has 0 aromatic heterocycles. The molecule has 0 saturated heterocycles. The van der Waals surface area contributed by atoms with E-state index in [2.05, 4.69) is 0 Å². The molecule has 0 saturated carbocycles. The Hall–Kier alpha value is -1.94. The third kappa shape index (κ3) is 3.79. The van der Waals surface area contributed by atoms with Crippen LogP contribution in [0.2, 0.25) is 0 Å². The van der Waals surface area contributed by atoms with Gasteiger partial charge in [0.25, 0.3) is 0 Å². The number of hydrogen-bond acceptors (Lipinski definition) is 3. The first-order valence-electron chi connectivity index (χ1n) is 6.78. The zero-order chi connectivity index (χ0) is 15.4. The summed E-state index contributed by atoms with van der Waals surface area (Å²) in [4.78, 5) is 12.0. The largest absolute Gasteiger partial charge is 0.481 e. The van der Waals surface area contributed by atoms with Gasteiger partial charge >= 0.3 is 5.97 Å². The molecule has 0 bridgehead atoms. The highest BCUT2D eigenvalue weighted by Crippen LogP contribution is 2.30. The van der Waals surface area contributed by atoms with E-state index in [0.29, 0.717) is 0 Å². The fourth-order valence-electron chi connectivity index (χ4n) is 1.99. The second kappa shape index (κ2) is 6.68. The molecule has 110 valence electrons. The van der Waals surface area contributed by atoms with Crippen molar-refractivity contribution in [3.05, 3.63) is 59.2 Å². The Bertz CT molecular complexity index is 638. The highest BCUT2D eigenvalue weighted by molar-refractivity contribution is 7.98. The minimum Gasteiger partial charge on any atom is -0.481 e. The summed E-state index contributed by atoms with van der Waals surface area (Å²) in [5.74, 6) is -0.459. The van der Waals surface area contributed by atoms with E-state index in [1.54, 1.807) is 18.7 Å². The number of hydrogen-bond donors (Lipinski definition) is 2. The molecule has 3 nitrogen and oxygen atoms in total. The standard InChI is InChI=1S/C17H19NO2S/c1-11-4-3-5-15(16(11)18)21-10-13-6-8-14(9-7-13)12(2)17(19)20/h3-9,12H,10,18H2,1-2H3,(H,19,20). The molecule has 2 aromatic rings. The van der Waals surface area contributed by atoms with Gasteiger partial charge < -0.3 is 10.8 Å². The van der Waals surface area contributed by atoms with Crippen LogP contribution in [-0.4, -0.2) is 11.1 Å². The molecule has 1 unspecified atom stereocenters. The normalized spacial score (nSPS) is 12.1. The molecule has 3 N–H and O–H groups in total. The van der Waals surface area contributed by atoms with E-state index in [4.69, 9.17) is 10.8 Å². The van der Waals surface area contributed by atoms with Gasteiger partial charge in [-0.3, -0.25) is 4.79 Å². The first-order valence-corrected chi connectivity index (χ1v) is 7.77. The van der Waals surface area contributed by atoms with Gasteiger partial charge in [-0.05, 0) is 36.6 Å². The summed E-state index contributed by atoms with van der Waals surface area (Å²) in [5.41, 5.74) is 9.96. The summed E-state index contributed by atoms with van der Waals surface area (Å²) in [6, 6.07) is 13.8. The molecule has 4 heteroatoms. The monoisotopic (exact) mass is 301 g/mol.